The zero-order chi connectivity index (χ0) is 16.5. The largest absolute Gasteiger partial charge is 0.484 e. The average molecular weight is 318 g/mol. The van der Waals surface area contributed by atoms with E-state index in [1.54, 1.807) is 0 Å². The van der Waals surface area contributed by atoms with Crippen LogP contribution in [0.1, 0.15) is 39.5 Å². The molecule has 1 aliphatic rings. The Hall–Kier alpha value is -1.55. The molecule has 0 bridgehead atoms. The summed E-state index contributed by atoms with van der Waals surface area (Å²) in [6.07, 6.45) is 5.02. The fourth-order valence-corrected chi connectivity index (χ4v) is 3.14. The van der Waals surface area contributed by atoms with E-state index in [4.69, 9.17) is 4.74 Å². The van der Waals surface area contributed by atoms with Crippen LogP contribution in [-0.4, -0.2) is 43.1 Å². The van der Waals surface area contributed by atoms with Gasteiger partial charge in [-0.25, -0.2) is 0 Å². The summed E-state index contributed by atoms with van der Waals surface area (Å²) in [5.41, 5.74) is 0. The van der Waals surface area contributed by atoms with Crippen molar-refractivity contribution < 1.29 is 9.53 Å². The number of rotatable bonds is 8. The number of carbonyl (C=O) groups is 1. The molecule has 1 saturated heterocycles. The Labute approximate surface area is 140 Å². The van der Waals surface area contributed by atoms with Crippen molar-refractivity contribution in [3.63, 3.8) is 0 Å². The van der Waals surface area contributed by atoms with E-state index >= 15 is 0 Å². The van der Waals surface area contributed by atoms with Crippen LogP contribution in [-0.2, 0) is 4.79 Å². The van der Waals surface area contributed by atoms with Gasteiger partial charge >= 0.3 is 0 Å². The molecule has 2 rings (SSSR count). The zero-order valence-corrected chi connectivity index (χ0v) is 14.5. The first-order chi connectivity index (χ1) is 11.1. The first-order valence-electron chi connectivity index (χ1n) is 8.83. The van der Waals surface area contributed by atoms with Crippen molar-refractivity contribution in [2.45, 2.75) is 45.6 Å². The van der Waals surface area contributed by atoms with Crippen molar-refractivity contribution in [3.8, 4) is 5.75 Å². The van der Waals surface area contributed by atoms with Crippen LogP contribution in [0.5, 0.6) is 5.75 Å². The average Bonchev–Trinajstić information content (AvgIpc) is 2.58. The van der Waals surface area contributed by atoms with Gasteiger partial charge in [-0.2, -0.15) is 0 Å². The molecule has 4 nitrogen and oxygen atoms in total. The first-order valence-corrected chi connectivity index (χ1v) is 8.83. The van der Waals surface area contributed by atoms with Crippen molar-refractivity contribution in [1.82, 2.24) is 10.2 Å². The second kappa shape index (κ2) is 9.56. The van der Waals surface area contributed by atoms with Gasteiger partial charge in [0.1, 0.15) is 5.75 Å². The monoisotopic (exact) mass is 318 g/mol. The van der Waals surface area contributed by atoms with Crippen LogP contribution in [0, 0.1) is 5.92 Å². The summed E-state index contributed by atoms with van der Waals surface area (Å²) in [7, 11) is 0. The normalized spacial score (nSPS) is 17.0. The molecule has 0 aliphatic carbocycles. The second-order valence-electron chi connectivity index (χ2n) is 6.79. The van der Waals surface area contributed by atoms with E-state index in [9.17, 15) is 4.79 Å². The standard InChI is InChI=1S/C19H30N2O2/c1-16(2)13-17(21-11-7-4-8-12-21)14-20-19(22)15-23-18-9-5-3-6-10-18/h3,5-6,9-10,16-17H,4,7-8,11-15H2,1-2H3,(H,20,22). The number of nitrogens with zero attached hydrogens (tertiary/aromatic N) is 1. The Kier molecular flexibility index (Phi) is 7.40. The number of ether oxygens (including phenoxy) is 1. The van der Waals surface area contributed by atoms with Gasteiger partial charge in [-0.15, -0.1) is 0 Å². The lowest BCUT2D eigenvalue weighted by molar-refractivity contribution is -0.123. The van der Waals surface area contributed by atoms with Gasteiger partial charge in [0, 0.05) is 12.6 Å². The van der Waals surface area contributed by atoms with Gasteiger partial charge in [0.25, 0.3) is 5.91 Å². The molecule has 1 unspecified atom stereocenters. The summed E-state index contributed by atoms with van der Waals surface area (Å²) in [4.78, 5) is 14.6. The van der Waals surface area contributed by atoms with Crippen LogP contribution in [0.2, 0.25) is 0 Å². The minimum absolute atomic E-state index is 0.0420. The lowest BCUT2D eigenvalue weighted by Crippen LogP contribution is -2.47. The summed E-state index contributed by atoms with van der Waals surface area (Å²) in [5.74, 6) is 1.33. The first kappa shape index (κ1) is 17.8. The van der Waals surface area contributed by atoms with Crippen molar-refractivity contribution >= 4 is 5.91 Å². The van der Waals surface area contributed by atoms with Crippen LogP contribution in [0.3, 0.4) is 0 Å². The third kappa shape index (κ3) is 6.61. The Morgan fingerprint density at radius 3 is 2.52 bits per heavy atom. The van der Waals surface area contributed by atoms with Gasteiger partial charge in [0.2, 0.25) is 0 Å². The number of nitrogens with one attached hydrogen (secondary N) is 1. The van der Waals surface area contributed by atoms with Crippen LogP contribution < -0.4 is 10.1 Å². The summed E-state index contributed by atoms with van der Waals surface area (Å²) < 4.78 is 5.50. The van der Waals surface area contributed by atoms with Gasteiger partial charge in [-0.3, -0.25) is 9.69 Å². The van der Waals surface area contributed by atoms with Crippen LogP contribution >= 0.6 is 0 Å². The number of piperidine rings is 1. The highest BCUT2D eigenvalue weighted by Gasteiger charge is 2.22. The van der Waals surface area contributed by atoms with Crippen molar-refractivity contribution in [2.24, 2.45) is 5.92 Å². The fraction of sp³-hybridized carbons (Fsp3) is 0.632. The Morgan fingerprint density at radius 1 is 1.17 bits per heavy atom. The number of amides is 1. The summed E-state index contributed by atoms with van der Waals surface area (Å²) >= 11 is 0. The molecular weight excluding hydrogens is 288 g/mol. The van der Waals surface area contributed by atoms with Gasteiger partial charge in [-0.05, 0) is 50.4 Å². The van der Waals surface area contributed by atoms with Crippen molar-refractivity contribution in [1.29, 1.82) is 0 Å². The highest BCUT2D eigenvalue weighted by Crippen LogP contribution is 2.17. The maximum absolute atomic E-state index is 12.0. The maximum Gasteiger partial charge on any atom is 0.257 e. The third-order valence-corrected chi connectivity index (χ3v) is 4.30. The molecule has 1 N–H and O–H groups in total. The van der Waals surface area contributed by atoms with Gasteiger partial charge in [0.15, 0.2) is 6.61 Å². The lowest BCUT2D eigenvalue weighted by atomic mass is 9.99. The maximum atomic E-state index is 12.0. The van der Waals surface area contributed by atoms with Crippen molar-refractivity contribution in [3.05, 3.63) is 30.3 Å². The predicted octanol–water partition coefficient (Wildman–Crippen LogP) is 3.08. The highest BCUT2D eigenvalue weighted by molar-refractivity contribution is 5.77. The topological polar surface area (TPSA) is 41.6 Å². The predicted molar refractivity (Wildman–Crippen MR) is 93.6 cm³/mol. The van der Waals surface area contributed by atoms with E-state index in [0.717, 1.165) is 31.8 Å². The van der Waals surface area contributed by atoms with E-state index in [0.29, 0.717) is 12.0 Å². The Bertz CT molecular complexity index is 456. The minimum atomic E-state index is -0.0420. The minimum Gasteiger partial charge on any atom is -0.484 e. The zero-order valence-electron chi connectivity index (χ0n) is 14.5. The summed E-state index contributed by atoms with van der Waals surface area (Å²) in [6, 6.07) is 9.91. The molecule has 1 aromatic rings. The number of benzene rings is 1. The molecule has 1 atom stereocenters. The number of likely N-dealkylation sites (tertiary alicyclic amines) is 1. The van der Waals surface area contributed by atoms with E-state index in [-0.39, 0.29) is 12.5 Å². The number of hydrogen-bond acceptors (Lipinski definition) is 3. The fourth-order valence-electron chi connectivity index (χ4n) is 3.14. The third-order valence-electron chi connectivity index (χ3n) is 4.30. The van der Waals surface area contributed by atoms with Gasteiger partial charge in [0.05, 0.1) is 0 Å². The van der Waals surface area contributed by atoms with Crippen molar-refractivity contribution in [2.75, 3.05) is 26.2 Å². The molecule has 1 aliphatic heterocycles. The van der Waals surface area contributed by atoms with Crippen LogP contribution in [0.15, 0.2) is 30.3 Å². The number of para-hydroxylation sites is 1. The quantitative estimate of drug-likeness (QED) is 0.801. The lowest BCUT2D eigenvalue weighted by Gasteiger charge is -2.35. The van der Waals surface area contributed by atoms with Crippen LogP contribution in [0.4, 0.5) is 0 Å². The van der Waals surface area contributed by atoms with E-state index in [1.165, 1.54) is 19.3 Å². The van der Waals surface area contributed by atoms with Gasteiger partial charge < -0.3 is 10.1 Å². The van der Waals surface area contributed by atoms with E-state index in [2.05, 4.69) is 24.1 Å². The molecule has 0 radical (unpaired) electrons. The second-order valence-corrected chi connectivity index (χ2v) is 6.79. The molecule has 1 fully saturated rings. The molecule has 1 heterocycles. The number of carbonyl (C=O) groups excluding carboxylic acids is 1. The molecule has 1 amide bonds. The molecule has 128 valence electrons. The Morgan fingerprint density at radius 2 is 1.87 bits per heavy atom. The molecule has 0 spiro atoms. The molecule has 4 heteroatoms. The summed E-state index contributed by atoms with van der Waals surface area (Å²) in [5, 5.41) is 3.05. The number of hydrogen-bond donors (Lipinski definition) is 1. The van der Waals surface area contributed by atoms with Crippen LogP contribution in [0.25, 0.3) is 0 Å². The smallest absolute Gasteiger partial charge is 0.257 e. The highest BCUT2D eigenvalue weighted by atomic mass is 16.5. The van der Waals surface area contributed by atoms with E-state index < -0.39 is 0 Å². The molecular formula is C19H30N2O2. The molecule has 0 aromatic heterocycles. The molecule has 1 aromatic carbocycles. The SMILES string of the molecule is CC(C)CC(CNC(=O)COc1ccccc1)N1CCCCC1. The Balaban J connectivity index is 1.76. The summed E-state index contributed by atoms with van der Waals surface area (Å²) in [6.45, 7) is 7.61. The molecule has 23 heavy (non-hydrogen) atoms. The van der Waals surface area contributed by atoms with E-state index in [1.807, 2.05) is 30.3 Å². The molecule has 0 saturated carbocycles. The van der Waals surface area contributed by atoms with Gasteiger partial charge in [-0.1, -0.05) is 38.5 Å².